The fourth-order valence-electron chi connectivity index (χ4n) is 4.53. The highest BCUT2D eigenvalue weighted by Crippen LogP contribution is 2.39. The lowest BCUT2D eigenvalue weighted by Crippen LogP contribution is -2.66. The smallest absolute Gasteiger partial charge is 0.324 e. The van der Waals surface area contributed by atoms with Crippen molar-refractivity contribution in [2.45, 2.75) is 52.0 Å². The number of nitrogens with one attached hydrogen (secondary N) is 3. The highest BCUT2D eigenvalue weighted by Gasteiger charge is 2.47. The van der Waals surface area contributed by atoms with E-state index in [1.165, 1.54) is 27.2 Å². The zero-order valence-corrected chi connectivity index (χ0v) is 27.8. The van der Waals surface area contributed by atoms with Gasteiger partial charge in [0.2, 0.25) is 11.8 Å². The van der Waals surface area contributed by atoms with Crippen molar-refractivity contribution in [2.24, 2.45) is 0 Å². The van der Waals surface area contributed by atoms with E-state index in [9.17, 15) is 23.6 Å². The van der Waals surface area contributed by atoms with Crippen molar-refractivity contribution in [2.75, 3.05) is 57.5 Å². The van der Waals surface area contributed by atoms with E-state index in [1.807, 2.05) is 46.7 Å². The van der Waals surface area contributed by atoms with Gasteiger partial charge in [-0.25, -0.2) is 9.18 Å². The molecule has 1 fully saturated rings. The summed E-state index contributed by atoms with van der Waals surface area (Å²) < 4.78 is 13.7. The molecule has 43 heavy (non-hydrogen) atoms. The third-order valence-corrected chi connectivity index (χ3v) is 9.63. The molecule has 1 aliphatic heterocycles. The van der Waals surface area contributed by atoms with E-state index in [-0.39, 0.29) is 63.2 Å². The molecule has 2 aromatic rings. The van der Waals surface area contributed by atoms with Gasteiger partial charge in [0, 0.05) is 31.1 Å². The molecule has 1 aliphatic rings. The first kappa shape index (κ1) is 34.6. The molecule has 0 bridgehead atoms. The van der Waals surface area contributed by atoms with Crippen LogP contribution in [0.15, 0.2) is 18.2 Å². The van der Waals surface area contributed by atoms with E-state index in [0.717, 1.165) is 10.9 Å². The number of rotatable bonds is 9. The van der Waals surface area contributed by atoms with Crippen molar-refractivity contribution >= 4 is 69.0 Å². The Hall–Kier alpha value is -2.93. The van der Waals surface area contributed by atoms with Crippen LogP contribution < -0.4 is 16.0 Å². The first-order valence-corrected chi connectivity index (χ1v) is 15.5. The van der Waals surface area contributed by atoms with Gasteiger partial charge in [-0.15, -0.1) is 11.3 Å². The predicted octanol–water partition coefficient (Wildman–Crippen LogP) is 5.27. The molecular formula is C29H39Cl2FN6O4S. The number of halogens is 3. The molecule has 0 radical (unpaired) electrons. The zero-order valence-electron chi connectivity index (χ0n) is 25.5. The van der Waals surface area contributed by atoms with Gasteiger partial charge < -0.3 is 25.3 Å². The SMILES string of the molecule is CCC1(C)C(=O)N(CC(=O)NCCN(C)C)CCN1C(=O)c1cc(C(C)(C)C)sc1NC(=O)Nc1ccc(F)c(Cl)c1Cl. The van der Waals surface area contributed by atoms with Crippen LogP contribution >= 0.6 is 34.5 Å². The second-order valence-corrected chi connectivity index (χ2v) is 13.7. The molecule has 1 unspecified atom stereocenters. The van der Waals surface area contributed by atoms with E-state index in [1.54, 1.807) is 13.0 Å². The second-order valence-electron chi connectivity index (χ2n) is 11.9. The van der Waals surface area contributed by atoms with Crippen molar-refractivity contribution in [1.82, 2.24) is 20.0 Å². The average Bonchev–Trinajstić information content (AvgIpc) is 3.35. The summed E-state index contributed by atoms with van der Waals surface area (Å²) >= 11 is 13.2. The maximum atomic E-state index is 14.1. The number of hydrogen-bond donors (Lipinski definition) is 3. The summed E-state index contributed by atoms with van der Waals surface area (Å²) in [5.74, 6) is -1.73. The summed E-state index contributed by atoms with van der Waals surface area (Å²) in [5, 5.41) is 7.90. The Morgan fingerprint density at radius 1 is 1.12 bits per heavy atom. The van der Waals surface area contributed by atoms with Crippen molar-refractivity contribution in [3.05, 3.63) is 44.5 Å². The standard InChI is InChI=1S/C29H39Cl2FN6O4S/c1-8-29(5)26(41)37(16-21(39)33-11-12-36(6)7)13-14-38(29)25(40)17-15-20(28(2,3)4)43-24(17)35-27(42)34-19-10-9-18(32)22(30)23(19)31/h9-10,15H,8,11-14,16H2,1-7H3,(H,33,39)(H2,34,35,42). The monoisotopic (exact) mass is 656 g/mol. The minimum Gasteiger partial charge on any atom is -0.353 e. The Labute approximate surface area is 265 Å². The number of carbonyl (C=O) groups is 4. The molecule has 14 heteroatoms. The Bertz CT molecular complexity index is 1400. The molecule has 236 valence electrons. The van der Waals surface area contributed by atoms with Crippen molar-refractivity contribution in [1.29, 1.82) is 0 Å². The minimum atomic E-state index is -1.21. The first-order valence-electron chi connectivity index (χ1n) is 13.9. The lowest BCUT2D eigenvalue weighted by Gasteiger charge is -2.47. The average molecular weight is 658 g/mol. The van der Waals surface area contributed by atoms with Gasteiger partial charge in [0.25, 0.3) is 5.91 Å². The summed E-state index contributed by atoms with van der Waals surface area (Å²) in [7, 11) is 3.81. The largest absolute Gasteiger partial charge is 0.353 e. The number of nitrogens with zero attached hydrogens (tertiary/aromatic N) is 3. The van der Waals surface area contributed by atoms with Crippen LogP contribution in [0.4, 0.5) is 19.9 Å². The molecule has 3 N–H and O–H groups in total. The van der Waals surface area contributed by atoms with Gasteiger partial charge in [-0.3, -0.25) is 19.7 Å². The quantitative estimate of drug-likeness (QED) is 0.319. The molecule has 1 aromatic heterocycles. The molecule has 1 atom stereocenters. The van der Waals surface area contributed by atoms with Crippen LogP contribution in [0, 0.1) is 5.82 Å². The van der Waals surface area contributed by atoms with Crippen LogP contribution in [-0.2, 0) is 15.0 Å². The Kier molecular flexibility index (Phi) is 11.1. The predicted molar refractivity (Wildman–Crippen MR) is 170 cm³/mol. The third-order valence-electron chi connectivity index (χ3n) is 7.30. The maximum absolute atomic E-state index is 14.1. The summed E-state index contributed by atoms with van der Waals surface area (Å²) in [6.07, 6.45) is 0.319. The van der Waals surface area contributed by atoms with Crippen LogP contribution in [-0.4, -0.2) is 90.8 Å². The molecule has 0 saturated carbocycles. The molecule has 3 rings (SSSR count). The van der Waals surface area contributed by atoms with Crippen LogP contribution in [0.3, 0.4) is 0 Å². The van der Waals surface area contributed by atoms with Gasteiger partial charge >= 0.3 is 6.03 Å². The van der Waals surface area contributed by atoms with Gasteiger partial charge in [0.1, 0.15) is 16.4 Å². The number of hydrogen-bond acceptors (Lipinski definition) is 6. The van der Waals surface area contributed by atoms with Gasteiger partial charge in [-0.05, 0) is 51.1 Å². The van der Waals surface area contributed by atoms with E-state index in [2.05, 4.69) is 16.0 Å². The lowest BCUT2D eigenvalue weighted by molar-refractivity contribution is -0.150. The molecule has 0 spiro atoms. The van der Waals surface area contributed by atoms with E-state index >= 15 is 0 Å². The Balaban J connectivity index is 1.85. The summed E-state index contributed by atoms with van der Waals surface area (Å²) in [5.41, 5.74) is -1.22. The van der Waals surface area contributed by atoms with Crippen LogP contribution in [0.2, 0.25) is 10.0 Å². The van der Waals surface area contributed by atoms with E-state index < -0.39 is 23.3 Å². The molecular weight excluding hydrogens is 618 g/mol. The number of urea groups is 1. The number of anilines is 2. The number of thiophene rings is 1. The minimum absolute atomic E-state index is 0.0945. The molecule has 0 aliphatic carbocycles. The molecule has 10 nitrogen and oxygen atoms in total. The van der Waals surface area contributed by atoms with Gasteiger partial charge in [-0.2, -0.15) is 0 Å². The first-order chi connectivity index (χ1) is 20.0. The number of piperazine rings is 1. The van der Waals surface area contributed by atoms with Gasteiger partial charge in [-0.1, -0.05) is 50.9 Å². The van der Waals surface area contributed by atoms with E-state index in [0.29, 0.717) is 19.5 Å². The zero-order chi connectivity index (χ0) is 32.3. The highest BCUT2D eigenvalue weighted by molar-refractivity contribution is 7.16. The van der Waals surface area contributed by atoms with Gasteiger partial charge in [0.05, 0.1) is 27.8 Å². The Morgan fingerprint density at radius 2 is 1.79 bits per heavy atom. The molecule has 5 amide bonds. The van der Waals surface area contributed by atoms with Crippen LogP contribution in [0.25, 0.3) is 0 Å². The van der Waals surface area contributed by atoms with Crippen molar-refractivity contribution in [3.63, 3.8) is 0 Å². The normalized spacial score (nSPS) is 17.3. The highest BCUT2D eigenvalue weighted by atomic mass is 35.5. The lowest BCUT2D eigenvalue weighted by atomic mass is 9.90. The van der Waals surface area contributed by atoms with Gasteiger partial charge in [0.15, 0.2) is 0 Å². The summed E-state index contributed by atoms with van der Waals surface area (Å²) in [6.45, 7) is 10.9. The number of carbonyl (C=O) groups excluding carboxylic acids is 4. The topological polar surface area (TPSA) is 114 Å². The third kappa shape index (κ3) is 7.97. The van der Waals surface area contributed by atoms with E-state index in [4.69, 9.17) is 23.2 Å². The maximum Gasteiger partial charge on any atom is 0.324 e. The Morgan fingerprint density at radius 3 is 2.40 bits per heavy atom. The summed E-state index contributed by atoms with van der Waals surface area (Å²) in [6, 6.07) is 3.39. The molecule has 1 aromatic carbocycles. The van der Waals surface area contributed by atoms with Crippen molar-refractivity contribution in [3.8, 4) is 0 Å². The fraction of sp³-hybridized carbons (Fsp3) is 0.517. The number of likely N-dealkylation sites (N-methyl/N-ethyl adjacent to an activating group) is 1. The van der Waals surface area contributed by atoms with Crippen molar-refractivity contribution < 1.29 is 23.6 Å². The van der Waals surface area contributed by atoms with Crippen LogP contribution in [0.1, 0.15) is 56.3 Å². The second kappa shape index (κ2) is 13.8. The molecule has 2 heterocycles. The number of amides is 5. The molecule has 1 saturated heterocycles. The van der Waals surface area contributed by atoms with Crippen LogP contribution in [0.5, 0.6) is 0 Å². The number of benzene rings is 1. The fourth-order valence-corrected chi connectivity index (χ4v) is 6.00. The summed E-state index contributed by atoms with van der Waals surface area (Å²) in [4.78, 5) is 59.1.